The summed E-state index contributed by atoms with van der Waals surface area (Å²) in [5.74, 6) is -0.112. The molecule has 0 radical (unpaired) electrons. The SMILES string of the molecule is CN1CCN(c2nnc(-c3nc(N)ncc3Cl)n2C(F)F)CC1.OC1CCCOC1. The number of piperazine rings is 1. The number of aliphatic hydroxyl groups is 1. The number of hydrogen-bond acceptors (Lipinski definition) is 9. The molecule has 0 bridgehead atoms. The number of nitrogens with zero attached hydrogens (tertiary/aromatic N) is 7. The first-order chi connectivity index (χ1) is 14.4. The summed E-state index contributed by atoms with van der Waals surface area (Å²) >= 11 is 5.99. The fraction of sp³-hybridized carbons (Fsp3) is 0.647. The molecule has 0 aliphatic carbocycles. The first-order valence-corrected chi connectivity index (χ1v) is 9.95. The molecule has 1 atom stereocenters. The fourth-order valence-electron chi connectivity index (χ4n) is 3.11. The summed E-state index contributed by atoms with van der Waals surface area (Å²) < 4.78 is 32.9. The lowest BCUT2D eigenvalue weighted by Gasteiger charge is -2.32. The summed E-state index contributed by atoms with van der Waals surface area (Å²) in [6.07, 6.45) is 2.99. The average Bonchev–Trinajstić information content (AvgIpc) is 3.17. The Bertz CT molecular complexity index is 826. The van der Waals surface area contributed by atoms with Crippen molar-refractivity contribution in [1.82, 2.24) is 29.6 Å². The molecule has 2 aromatic rings. The minimum Gasteiger partial charge on any atom is -0.391 e. The summed E-state index contributed by atoms with van der Waals surface area (Å²) in [5, 5.41) is 16.6. The lowest BCUT2D eigenvalue weighted by Crippen LogP contribution is -2.45. The molecule has 2 fully saturated rings. The first-order valence-electron chi connectivity index (χ1n) is 9.57. The molecule has 2 aliphatic heterocycles. The van der Waals surface area contributed by atoms with Gasteiger partial charge in [0.25, 0.3) is 0 Å². The molecule has 1 unspecified atom stereocenters. The summed E-state index contributed by atoms with van der Waals surface area (Å²) in [4.78, 5) is 11.5. The third-order valence-corrected chi connectivity index (χ3v) is 5.05. The van der Waals surface area contributed by atoms with Gasteiger partial charge in [0.1, 0.15) is 5.69 Å². The van der Waals surface area contributed by atoms with Crippen LogP contribution < -0.4 is 10.6 Å². The monoisotopic (exact) mass is 446 g/mol. The molecule has 2 aromatic heterocycles. The number of hydrogen-bond donors (Lipinski definition) is 2. The molecule has 0 amide bonds. The molecular weight excluding hydrogens is 422 g/mol. The zero-order valence-corrected chi connectivity index (χ0v) is 17.3. The molecule has 2 aliphatic rings. The zero-order valence-electron chi connectivity index (χ0n) is 16.6. The van der Waals surface area contributed by atoms with E-state index in [1.165, 1.54) is 6.20 Å². The Hall–Kier alpha value is -2.15. The van der Waals surface area contributed by atoms with Crippen LogP contribution in [0.15, 0.2) is 6.20 Å². The number of aromatic nitrogens is 5. The molecular formula is C17H25ClF2N8O2. The van der Waals surface area contributed by atoms with E-state index in [2.05, 4.69) is 25.1 Å². The maximum Gasteiger partial charge on any atom is 0.323 e. The van der Waals surface area contributed by atoms with Crippen molar-refractivity contribution in [2.24, 2.45) is 0 Å². The molecule has 3 N–H and O–H groups in total. The van der Waals surface area contributed by atoms with E-state index in [-0.39, 0.29) is 34.5 Å². The number of nitrogen functional groups attached to an aromatic ring is 1. The van der Waals surface area contributed by atoms with Gasteiger partial charge in [-0.25, -0.2) is 14.5 Å². The van der Waals surface area contributed by atoms with Crippen LogP contribution in [0.2, 0.25) is 5.02 Å². The lowest BCUT2D eigenvalue weighted by molar-refractivity contribution is -0.00535. The van der Waals surface area contributed by atoms with Crippen LogP contribution >= 0.6 is 11.6 Å². The van der Waals surface area contributed by atoms with Crippen molar-refractivity contribution < 1.29 is 18.6 Å². The van der Waals surface area contributed by atoms with Crippen molar-refractivity contribution in [3.63, 3.8) is 0 Å². The molecule has 4 rings (SSSR count). The molecule has 166 valence electrons. The molecule has 10 nitrogen and oxygen atoms in total. The number of likely N-dealkylation sites (N-methyl/N-ethyl adjacent to an activating group) is 1. The number of aliphatic hydroxyl groups excluding tert-OH is 1. The van der Waals surface area contributed by atoms with Gasteiger partial charge in [-0.05, 0) is 19.9 Å². The van der Waals surface area contributed by atoms with Gasteiger partial charge in [0.05, 0.1) is 23.9 Å². The Morgan fingerprint density at radius 1 is 1.27 bits per heavy atom. The van der Waals surface area contributed by atoms with Crippen molar-refractivity contribution in [3.05, 3.63) is 11.2 Å². The second-order valence-electron chi connectivity index (χ2n) is 7.06. The zero-order chi connectivity index (χ0) is 21.7. The minimum absolute atomic E-state index is 0.0346. The van der Waals surface area contributed by atoms with Gasteiger partial charge in [0.15, 0.2) is 5.82 Å². The second-order valence-corrected chi connectivity index (χ2v) is 7.46. The predicted molar refractivity (Wildman–Crippen MR) is 107 cm³/mol. The van der Waals surface area contributed by atoms with E-state index in [1.54, 1.807) is 4.90 Å². The van der Waals surface area contributed by atoms with Gasteiger partial charge in [0, 0.05) is 32.8 Å². The number of halogens is 3. The fourth-order valence-corrected chi connectivity index (χ4v) is 3.28. The lowest BCUT2D eigenvalue weighted by atomic mass is 10.2. The molecule has 2 saturated heterocycles. The van der Waals surface area contributed by atoms with Crippen LogP contribution in [-0.2, 0) is 4.74 Å². The first kappa shape index (κ1) is 22.5. The highest BCUT2D eigenvalue weighted by atomic mass is 35.5. The van der Waals surface area contributed by atoms with Crippen molar-refractivity contribution in [3.8, 4) is 11.5 Å². The van der Waals surface area contributed by atoms with E-state index in [1.807, 2.05) is 7.05 Å². The highest BCUT2D eigenvalue weighted by Crippen LogP contribution is 2.31. The van der Waals surface area contributed by atoms with E-state index < -0.39 is 6.55 Å². The van der Waals surface area contributed by atoms with E-state index in [4.69, 9.17) is 27.2 Å². The van der Waals surface area contributed by atoms with Gasteiger partial charge < -0.3 is 25.4 Å². The van der Waals surface area contributed by atoms with Gasteiger partial charge in [0.2, 0.25) is 11.9 Å². The van der Waals surface area contributed by atoms with Crippen LogP contribution in [0.3, 0.4) is 0 Å². The largest absolute Gasteiger partial charge is 0.391 e. The number of rotatable bonds is 3. The van der Waals surface area contributed by atoms with Crippen molar-refractivity contribution >= 4 is 23.5 Å². The van der Waals surface area contributed by atoms with Crippen LogP contribution in [0.5, 0.6) is 0 Å². The third kappa shape index (κ3) is 5.50. The Kier molecular flexibility index (Phi) is 7.69. The van der Waals surface area contributed by atoms with Crippen LogP contribution in [0.4, 0.5) is 20.7 Å². The van der Waals surface area contributed by atoms with Gasteiger partial charge in [-0.15, -0.1) is 10.2 Å². The average molecular weight is 447 g/mol. The van der Waals surface area contributed by atoms with E-state index in [0.717, 1.165) is 37.1 Å². The Morgan fingerprint density at radius 3 is 2.57 bits per heavy atom. The van der Waals surface area contributed by atoms with Gasteiger partial charge in [-0.1, -0.05) is 11.6 Å². The van der Waals surface area contributed by atoms with Gasteiger partial charge in [-0.2, -0.15) is 8.78 Å². The van der Waals surface area contributed by atoms with Crippen molar-refractivity contribution in [1.29, 1.82) is 0 Å². The summed E-state index contributed by atoms with van der Waals surface area (Å²) in [7, 11) is 1.98. The van der Waals surface area contributed by atoms with Crippen LogP contribution in [0, 0.1) is 0 Å². The van der Waals surface area contributed by atoms with E-state index in [9.17, 15) is 8.78 Å². The Labute approximate surface area is 177 Å². The second kappa shape index (κ2) is 10.2. The number of nitrogens with two attached hydrogens (primary N) is 1. The predicted octanol–water partition coefficient (Wildman–Crippen LogP) is 1.28. The molecule has 4 heterocycles. The summed E-state index contributed by atoms with van der Waals surface area (Å²) in [6, 6.07) is 0. The highest BCUT2D eigenvalue weighted by Gasteiger charge is 2.28. The molecule has 0 spiro atoms. The molecule has 13 heteroatoms. The number of alkyl halides is 2. The van der Waals surface area contributed by atoms with Gasteiger partial charge in [-0.3, -0.25) is 0 Å². The third-order valence-electron chi connectivity index (χ3n) is 4.77. The van der Waals surface area contributed by atoms with E-state index in [0.29, 0.717) is 19.7 Å². The quantitative estimate of drug-likeness (QED) is 0.718. The topological polar surface area (TPSA) is 118 Å². The smallest absolute Gasteiger partial charge is 0.323 e. The molecule has 30 heavy (non-hydrogen) atoms. The number of anilines is 2. The minimum atomic E-state index is -2.83. The van der Waals surface area contributed by atoms with E-state index >= 15 is 0 Å². The normalized spacial score (nSPS) is 20.2. The standard InChI is InChI=1S/C12H15ClF2N8.C5H10O2/c1-21-2-4-22(5-3-21)12-20-19-9(23(12)10(14)15)8-7(13)6-17-11(16)18-8;6-5-2-1-3-7-4-5/h6,10H,2-5H2,1H3,(H2,16,17,18);5-6H,1-4H2. The van der Waals surface area contributed by atoms with Crippen molar-refractivity contribution in [2.45, 2.75) is 25.5 Å². The maximum absolute atomic E-state index is 13.6. The summed E-state index contributed by atoms with van der Waals surface area (Å²) in [5.41, 5.74) is 5.55. The van der Waals surface area contributed by atoms with Crippen LogP contribution in [0.1, 0.15) is 19.4 Å². The molecule has 0 aromatic carbocycles. The number of ether oxygens (including phenoxy) is 1. The van der Waals surface area contributed by atoms with Crippen LogP contribution in [0.25, 0.3) is 11.5 Å². The summed E-state index contributed by atoms with van der Waals surface area (Å²) in [6.45, 7) is 1.22. The Morgan fingerprint density at radius 2 is 2.00 bits per heavy atom. The maximum atomic E-state index is 13.6. The highest BCUT2D eigenvalue weighted by molar-refractivity contribution is 6.32. The van der Waals surface area contributed by atoms with Gasteiger partial charge >= 0.3 is 6.55 Å². The van der Waals surface area contributed by atoms with Crippen molar-refractivity contribution in [2.75, 3.05) is 57.1 Å². The van der Waals surface area contributed by atoms with Crippen LogP contribution in [-0.4, -0.2) is 87.3 Å². The Balaban J connectivity index is 0.000000310. The molecule has 0 saturated carbocycles.